The molecular weight excluding hydrogens is 316 g/mol. The highest BCUT2D eigenvalue weighted by Gasteiger charge is 2.25. The number of aliphatic hydroxyl groups excluding tert-OH is 1. The summed E-state index contributed by atoms with van der Waals surface area (Å²) in [6, 6.07) is 8.29. The van der Waals surface area contributed by atoms with E-state index in [4.69, 9.17) is 9.72 Å². The molecule has 136 valence electrons. The summed E-state index contributed by atoms with van der Waals surface area (Å²) >= 11 is 0. The maximum Gasteiger partial charge on any atom is 0.155 e. The van der Waals surface area contributed by atoms with Crippen molar-refractivity contribution in [2.24, 2.45) is 0 Å². The topological polar surface area (TPSA) is 63.4 Å². The van der Waals surface area contributed by atoms with Gasteiger partial charge in [0.25, 0.3) is 0 Å². The third-order valence-corrected chi connectivity index (χ3v) is 4.90. The molecule has 0 bridgehead atoms. The fraction of sp³-hybridized carbons (Fsp3) is 0.579. The van der Waals surface area contributed by atoms with Gasteiger partial charge in [-0.2, -0.15) is 5.10 Å². The second-order valence-corrected chi connectivity index (χ2v) is 6.70. The fourth-order valence-electron chi connectivity index (χ4n) is 3.49. The molecule has 25 heavy (non-hydrogen) atoms. The van der Waals surface area contributed by atoms with Gasteiger partial charge in [-0.05, 0) is 44.1 Å². The van der Waals surface area contributed by atoms with Crippen LogP contribution in [-0.2, 0) is 13.0 Å². The number of ether oxygens (including phenoxy) is 1. The molecule has 2 aromatic rings. The van der Waals surface area contributed by atoms with Crippen LogP contribution in [0.25, 0.3) is 0 Å². The lowest BCUT2D eigenvalue weighted by atomic mass is 10.1. The summed E-state index contributed by atoms with van der Waals surface area (Å²) in [5.41, 5.74) is 1.16. The first kappa shape index (κ1) is 17.9. The third kappa shape index (κ3) is 4.38. The number of hydrogen-bond acceptors (Lipinski definition) is 5. The number of aromatic nitrogens is 3. The maximum atomic E-state index is 9.40. The van der Waals surface area contributed by atoms with Crippen molar-refractivity contribution in [2.75, 3.05) is 27.3 Å². The van der Waals surface area contributed by atoms with Crippen LogP contribution in [0, 0.1) is 0 Å². The maximum absolute atomic E-state index is 9.40. The Kier molecular flexibility index (Phi) is 6.04. The van der Waals surface area contributed by atoms with Crippen molar-refractivity contribution >= 4 is 0 Å². The summed E-state index contributed by atoms with van der Waals surface area (Å²) in [6.07, 6.45) is 5.51. The lowest BCUT2D eigenvalue weighted by molar-refractivity contribution is 0.221. The first-order chi connectivity index (χ1) is 12.2. The molecule has 0 radical (unpaired) electrons. The second kappa shape index (κ2) is 8.45. The van der Waals surface area contributed by atoms with E-state index in [9.17, 15) is 5.11 Å². The van der Waals surface area contributed by atoms with Gasteiger partial charge >= 0.3 is 0 Å². The predicted octanol–water partition coefficient (Wildman–Crippen LogP) is 2.42. The van der Waals surface area contributed by atoms with Gasteiger partial charge in [0.15, 0.2) is 5.82 Å². The molecule has 1 aromatic carbocycles. The van der Waals surface area contributed by atoms with Gasteiger partial charge in [0, 0.05) is 6.42 Å². The molecular formula is C19H28N4O2. The van der Waals surface area contributed by atoms with E-state index in [2.05, 4.69) is 17.0 Å². The summed E-state index contributed by atoms with van der Waals surface area (Å²) in [5.74, 6) is 2.65. The number of likely N-dealkylation sites (tertiary alicyclic amines) is 1. The molecule has 1 aromatic heterocycles. The van der Waals surface area contributed by atoms with Gasteiger partial charge < -0.3 is 9.84 Å². The largest absolute Gasteiger partial charge is 0.497 e. The Morgan fingerprint density at radius 2 is 2.00 bits per heavy atom. The molecule has 0 spiro atoms. The Labute approximate surface area is 149 Å². The van der Waals surface area contributed by atoms with Crippen molar-refractivity contribution < 1.29 is 9.84 Å². The normalized spacial score (nSPS) is 18.9. The number of rotatable bonds is 6. The fourth-order valence-corrected chi connectivity index (χ4v) is 3.49. The van der Waals surface area contributed by atoms with Gasteiger partial charge in [-0.1, -0.05) is 25.0 Å². The van der Waals surface area contributed by atoms with E-state index >= 15 is 0 Å². The van der Waals surface area contributed by atoms with Gasteiger partial charge in [-0.15, -0.1) is 0 Å². The Morgan fingerprint density at radius 1 is 1.20 bits per heavy atom. The van der Waals surface area contributed by atoms with E-state index in [0.29, 0.717) is 13.0 Å². The molecule has 0 saturated carbocycles. The van der Waals surface area contributed by atoms with E-state index in [-0.39, 0.29) is 12.6 Å². The molecule has 6 heteroatoms. The molecule has 0 aliphatic carbocycles. The lowest BCUT2D eigenvalue weighted by Gasteiger charge is -2.25. The highest BCUT2D eigenvalue weighted by molar-refractivity contribution is 5.28. The zero-order valence-electron chi connectivity index (χ0n) is 15.2. The number of hydrogen-bond donors (Lipinski definition) is 1. The summed E-state index contributed by atoms with van der Waals surface area (Å²) in [5, 5.41) is 14.1. The first-order valence-electron chi connectivity index (χ1n) is 9.09. The third-order valence-electron chi connectivity index (χ3n) is 4.90. The number of nitrogens with zero attached hydrogens (tertiary/aromatic N) is 4. The predicted molar refractivity (Wildman–Crippen MR) is 96.7 cm³/mol. The summed E-state index contributed by atoms with van der Waals surface area (Å²) in [4.78, 5) is 7.23. The lowest BCUT2D eigenvalue weighted by Crippen LogP contribution is -2.27. The molecule has 1 aliphatic rings. The molecule has 2 heterocycles. The van der Waals surface area contributed by atoms with Crippen LogP contribution in [0.3, 0.4) is 0 Å². The minimum Gasteiger partial charge on any atom is -0.497 e. The van der Waals surface area contributed by atoms with Crippen LogP contribution < -0.4 is 4.74 Å². The molecule has 3 rings (SSSR count). The van der Waals surface area contributed by atoms with Crippen LogP contribution in [0.1, 0.15) is 48.9 Å². The van der Waals surface area contributed by atoms with Crippen LogP contribution in [0.15, 0.2) is 24.3 Å². The van der Waals surface area contributed by atoms with Crippen molar-refractivity contribution in [3.8, 4) is 5.75 Å². The molecule has 1 atom stereocenters. The van der Waals surface area contributed by atoms with Crippen molar-refractivity contribution in [3.05, 3.63) is 41.5 Å². The Morgan fingerprint density at radius 3 is 2.72 bits per heavy atom. The van der Waals surface area contributed by atoms with Gasteiger partial charge in [0.05, 0.1) is 26.3 Å². The first-order valence-corrected chi connectivity index (χ1v) is 9.09. The van der Waals surface area contributed by atoms with Crippen molar-refractivity contribution in [2.45, 2.75) is 44.7 Å². The van der Waals surface area contributed by atoms with Crippen molar-refractivity contribution in [1.29, 1.82) is 0 Å². The quantitative estimate of drug-likeness (QED) is 0.872. The van der Waals surface area contributed by atoms with Crippen molar-refractivity contribution in [1.82, 2.24) is 19.7 Å². The van der Waals surface area contributed by atoms with Gasteiger partial charge in [0.2, 0.25) is 0 Å². The van der Waals surface area contributed by atoms with Crippen LogP contribution in [0.2, 0.25) is 0 Å². The highest BCUT2D eigenvalue weighted by Crippen LogP contribution is 2.28. The second-order valence-electron chi connectivity index (χ2n) is 6.70. The zero-order chi connectivity index (χ0) is 17.6. The monoisotopic (exact) mass is 344 g/mol. The number of benzene rings is 1. The average molecular weight is 344 g/mol. The van der Waals surface area contributed by atoms with E-state index < -0.39 is 0 Å². The molecule has 1 saturated heterocycles. The van der Waals surface area contributed by atoms with E-state index in [1.807, 2.05) is 28.9 Å². The minimum absolute atomic E-state index is 0.0781. The standard InChI is InChI=1S/C19H28N4O2/c1-22-11-5-3-4-6-17(22)19-20-18(21-23(19)12-13-24)14-15-7-9-16(25-2)10-8-15/h7-10,17,24H,3-6,11-14H2,1-2H3/t17-/m0/s1. The van der Waals surface area contributed by atoms with E-state index in [1.165, 1.54) is 19.3 Å². The molecule has 1 N–H and O–H groups in total. The smallest absolute Gasteiger partial charge is 0.155 e. The average Bonchev–Trinajstić information content (AvgIpc) is 2.87. The number of aliphatic hydroxyl groups is 1. The van der Waals surface area contributed by atoms with Crippen LogP contribution >= 0.6 is 0 Å². The van der Waals surface area contributed by atoms with Crippen LogP contribution in [0.4, 0.5) is 0 Å². The van der Waals surface area contributed by atoms with Gasteiger partial charge in [-0.25, -0.2) is 9.67 Å². The Hall–Kier alpha value is -1.92. The highest BCUT2D eigenvalue weighted by atomic mass is 16.5. The van der Waals surface area contributed by atoms with Gasteiger partial charge in [0.1, 0.15) is 11.6 Å². The molecule has 1 fully saturated rings. The van der Waals surface area contributed by atoms with E-state index in [1.54, 1.807) is 7.11 Å². The minimum atomic E-state index is 0.0781. The summed E-state index contributed by atoms with van der Waals surface area (Å²) in [6.45, 7) is 1.66. The number of methoxy groups -OCH3 is 1. The Bertz CT molecular complexity index is 669. The SMILES string of the molecule is COc1ccc(Cc2nc([C@@H]3CCCCCN3C)n(CCO)n2)cc1. The van der Waals surface area contributed by atoms with E-state index in [0.717, 1.165) is 35.9 Å². The molecule has 1 aliphatic heterocycles. The zero-order valence-corrected chi connectivity index (χ0v) is 15.2. The molecule has 0 unspecified atom stereocenters. The van der Waals surface area contributed by atoms with Gasteiger partial charge in [-0.3, -0.25) is 4.90 Å². The molecule has 6 nitrogen and oxygen atoms in total. The van der Waals surface area contributed by atoms with Crippen LogP contribution in [-0.4, -0.2) is 52.1 Å². The Balaban J connectivity index is 1.82. The molecule has 0 amide bonds. The summed E-state index contributed by atoms with van der Waals surface area (Å²) in [7, 11) is 3.83. The van der Waals surface area contributed by atoms with Crippen LogP contribution in [0.5, 0.6) is 5.75 Å². The summed E-state index contributed by atoms with van der Waals surface area (Å²) < 4.78 is 7.10. The van der Waals surface area contributed by atoms with Crippen molar-refractivity contribution in [3.63, 3.8) is 0 Å².